The van der Waals surface area contributed by atoms with Gasteiger partial charge in [0.25, 0.3) is 0 Å². The van der Waals surface area contributed by atoms with E-state index < -0.39 is 12.2 Å². The van der Waals surface area contributed by atoms with E-state index in [1.807, 2.05) is 12.1 Å². The summed E-state index contributed by atoms with van der Waals surface area (Å²) in [6.07, 6.45) is -4.40. The number of fused-ring (bicyclic) bond motifs is 1. The van der Waals surface area contributed by atoms with Crippen LogP contribution in [-0.4, -0.2) is 6.18 Å². The molecule has 0 aliphatic carbocycles. The summed E-state index contributed by atoms with van der Waals surface area (Å²) in [6, 6.07) is 9.86. The zero-order valence-corrected chi connectivity index (χ0v) is 9.55. The van der Waals surface area contributed by atoms with Crippen LogP contribution >= 0.6 is 12.4 Å². The van der Waals surface area contributed by atoms with Crippen LogP contribution in [0.5, 0.6) is 0 Å². The van der Waals surface area contributed by atoms with E-state index in [1.54, 1.807) is 18.2 Å². The summed E-state index contributed by atoms with van der Waals surface area (Å²) < 4.78 is 37.2. The number of nitrogens with two attached hydrogens (primary N) is 1. The first kappa shape index (κ1) is 13.8. The summed E-state index contributed by atoms with van der Waals surface area (Å²) in [5, 5.41) is 1.67. The fourth-order valence-electron chi connectivity index (χ4n) is 1.59. The zero-order chi connectivity index (χ0) is 11.8. The van der Waals surface area contributed by atoms with E-state index >= 15 is 0 Å². The van der Waals surface area contributed by atoms with Crippen LogP contribution < -0.4 is 5.73 Å². The quantitative estimate of drug-likeness (QED) is 0.830. The first-order valence-corrected chi connectivity index (χ1v) is 4.79. The van der Waals surface area contributed by atoms with Crippen LogP contribution in [0, 0.1) is 0 Å². The first-order chi connectivity index (χ1) is 7.48. The van der Waals surface area contributed by atoms with E-state index in [1.165, 1.54) is 12.1 Å². The van der Waals surface area contributed by atoms with E-state index in [0.717, 1.165) is 10.8 Å². The van der Waals surface area contributed by atoms with Gasteiger partial charge in [-0.3, -0.25) is 0 Å². The van der Waals surface area contributed by atoms with Gasteiger partial charge in [-0.2, -0.15) is 13.2 Å². The van der Waals surface area contributed by atoms with Gasteiger partial charge in [0.1, 0.15) is 6.04 Å². The van der Waals surface area contributed by atoms with Crippen molar-refractivity contribution in [2.45, 2.75) is 12.2 Å². The predicted octanol–water partition coefficient (Wildman–Crippen LogP) is 3.82. The largest absolute Gasteiger partial charge is 0.407 e. The molecular formula is C12H11ClF3N. The van der Waals surface area contributed by atoms with E-state index in [4.69, 9.17) is 5.73 Å². The van der Waals surface area contributed by atoms with Crippen molar-refractivity contribution >= 4 is 23.2 Å². The van der Waals surface area contributed by atoms with Crippen molar-refractivity contribution in [2.24, 2.45) is 5.73 Å². The molecule has 0 heterocycles. The van der Waals surface area contributed by atoms with Crippen LogP contribution in [-0.2, 0) is 0 Å². The minimum absolute atomic E-state index is 0. The molecule has 0 unspecified atom stereocenters. The summed E-state index contributed by atoms with van der Waals surface area (Å²) in [7, 11) is 0. The molecule has 1 atom stereocenters. The van der Waals surface area contributed by atoms with Gasteiger partial charge in [0.05, 0.1) is 0 Å². The summed E-state index contributed by atoms with van der Waals surface area (Å²) in [5.41, 5.74) is 5.23. The Balaban J connectivity index is 0.00000144. The maximum absolute atomic E-state index is 12.4. The van der Waals surface area contributed by atoms with Gasteiger partial charge in [0, 0.05) is 0 Å². The first-order valence-electron chi connectivity index (χ1n) is 4.79. The lowest BCUT2D eigenvalue weighted by Gasteiger charge is -2.16. The predicted molar refractivity (Wildman–Crippen MR) is 64.2 cm³/mol. The summed E-state index contributed by atoms with van der Waals surface area (Å²) in [5.74, 6) is 0. The van der Waals surface area contributed by atoms with Crippen LogP contribution in [0.25, 0.3) is 10.8 Å². The van der Waals surface area contributed by atoms with Crippen LogP contribution in [0.2, 0.25) is 0 Å². The Labute approximate surface area is 103 Å². The second kappa shape index (κ2) is 4.94. The Morgan fingerprint density at radius 2 is 1.53 bits per heavy atom. The fraction of sp³-hybridized carbons (Fsp3) is 0.167. The highest BCUT2D eigenvalue weighted by atomic mass is 35.5. The van der Waals surface area contributed by atoms with Crippen molar-refractivity contribution in [3.05, 3.63) is 48.0 Å². The van der Waals surface area contributed by atoms with Gasteiger partial charge in [-0.1, -0.05) is 36.4 Å². The number of hydrogen-bond acceptors (Lipinski definition) is 1. The van der Waals surface area contributed by atoms with Gasteiger partial charge < -0.3 is 5.73 Å². The van der Waals surface area contributed by atoms with Crippen molar-refractivity contribution in [1.82, 2.24) is 0 Å². The summed E-state index contributed by atoms with van der Waals surface area (Å²) in [4.78, 5) is 0. The normalized spacial score (nSPS) is 13.2. The van der Waals surface area contributed by atoms with Crippen LogP contribution in [0.4, 0.5) is 13.2 Å². The maximum atomic E-state index is 12.4. The number of hydrogen-bond donors (Lipinski definition) is 1. The van der Waals surface area contributed by atoms with Crippen LogP contribution in [0.1, 0.15) is 11.6 Å². The Morgan fingerprint density at radius 3 is 2.12 bits per heavy atom. The average molecular weight is 262 g/mol. The van der Waals surface area contributed by atoms with Gasteiger partial charge in [-0.15, -0.1) is 12.4 Å². The molecule has 2 rings (SSSR count). The third-order valence-electron chi connectivity index (χ3n) is 2.49. The molecule has 0 fully saturated rings. The highest BCUT2D eigenvalue weighted by Crippen LogP contribution is 2.31. The van der Waals surface area contributed by atoms with E-state index in [2.05, 4.69) is 0 Å². The SMILES string of the molecule is Cl.N[C@H](c1ccc2ccccc2c1)C(F)(F)F. The number of benzene rings is 2. The van der Waals surface area contributed by atoms with Crippen molar-refractivity contribution in [3.8, 4) is 0 Å². The van der Waals surface area contributed by atoms with E-state index in [-0.39, 0.29) is 18.0 Å². The molecule has 0 spiro atoms. The molecule has 2 N–H and O–H groups in total. The second-order valence-corrected chi connectivity index (χ2v) is 3.63. The third kappa shape index (κ3) is 2.90. The molecule has 17 heavy (non-hydrogen) atoms. The lowest BCUT2D eigenvalue weighted by atomic mass is 10.0. The van der Waals surface area contributed by atoms with Crippen molar-refractivity contribution < 1.29 is 13.2 Å². The van der Waals surface area contributed by atoms with Crippen molar-refractivity contribution in [3.63, 3.8) is 0 Å². The maximum Gasteiger partial charge on any atom is 0.407 e. The smallest absolute Gasteiger partial charge is 0.316 e. The van der Waals surface area contributed by atoms with Gasteiger partial charge >= 0.3 is 6.18 Å². The molecule has 0 radical (unpaired) electrons. The average Bonchev–Trinajstić information content (AvgIpc) is 2.26. The molecule has 0 aliphatic heterocycles. The van der Waals surface area contributed by atoms with Gasteiger partial charge in [0.15, 0.2) is 0 Å². The highest BCUT2D eigenvalue weighted by Gasteiger charge is 2.37. The van der Waals surface area contributed by atoms with Crippen molar-refractivity contribution in [2.75, 3.05) is 0 Å². The Morgan fingerprint density at radius 1 is 0.941 bits per heavy atom. The van der Waals surface area contributed by atoms with Crippen LogP contribution in [0.15, 0.2) is 42.5 Å². The van der Waals surface area contributed by atoms with Gasteiger partial charge in [-0.25, -0.2) is 0 Å². The topological polar surface area (TPSA) is 26.0 Å². The number of alkyl halides is 3. The molecule has 92 valence electrons. The molecule has 0 aliphatic rings. The minimum Gasteiger partial charge on any atom is -0.316 e. The molecule has 0 saturated heterocycles. The monoisotopic (exact) mass is 261 g/mol. The number of halogens is 4. The molecule has 0 saturated carbocycles. The summed E-state index contributed by atoms with van der Waals surface area (Å²) >= 11 is 0. The second-order valence-electron chi connectivity index (χ2n) is 3.63. The highest BCUT2D eigenvalue weighted by molar-refractivity contribution is 5.85. The standard InChI is InChI=1S/C12H10F3N.ClH/c13-12(14,15)11(16)10-6-5-8-3-1-2-4-9(8)7-10;/h1-7,11H,16H2;1H/t11-;/m1./s1. The fourth-order valence-corrected chi connectivity index (χ4v) is 1.59. The Bertz CT molecular complexity index is 510. The summed E-state index contributed by atoms with van der Waals surface area (Å²) in [6.45, 7) is 0. The zero-order valence-electron chi connectivity index (χ0n) is 8.74. The molecule has 0 bridgehead atoms. The minimum atomic E-state index is -4.40. The van der Waals surface area contributed by atoms with E-state index in [0.29, 0.717) is 0 Å². The number of rotatable bonds is 1. The molecule has 0 aromatic heterocycles. The third-order valence-corrected chi connectivity index (χ3v) is 2.49. The molecule has 2 aromatic carbocycles. The lowest BCUT2D eigenvalue weighted by molar-refractivity contribution is -0.149. The molecular weight excluding hydrogens is 251 g/mol. The molecule has 1 nitrogen and oxygen atoms in total. The molecule has 5 heteroatoms. The van der Waals surface area contributed by atoms with Gasteiger partial charge in [0.2, 0.25) is 0 Å². The molecule has 0 amide bonds. The molecule has 2 aromatic rings. The van der Waals surface area contributed by atoms with E-state index in [9.17, 15) is 13.2 Å². The Hall–Kier alpha value is -1.26. The van der Waals surface area contributed by atoms with Crippen molar-refractivity contribution in [1.29, 1.82) is 0 Å². The van der Waals surface area contributed by atoms with Crippen LogP contribution in [0.3, 0.4) is 0 Å². The lowest BCUT2D eigenvalue weighted by Crippen LogP contribution is -2.28. The Kier molecular flexibility index (Phi) is 4.01. The van der Waals surface area contributed by atoms with Gasteiger partial charge in [-0.05, 0) is 22.4 Å².